The molecular formula is C20H21NO3. The van der Waals surface area contributed by atoms with E-state index in [1.54, 1.807) is 0 Å². The molecule has 4 nitrogen and oxygen atoms in total. The Labute approximate surface area is 142 Å². The lowest BCUT2D eigenvalue weighted by molar-refractivity contribution is -0.323. The monoisotopic (exact) mass is 323 g/mol. The maximum atomic E-state index is 6.09. The second-order valence-corrected chi connectivity index (χ2v) is 6.59. The van der Waals surface area contributed by atoms with Crippen LogP contribution in [0.5, 0.6) is 0 Å². The van der Waals surface area contributed by atoms with E-state index in [1.807, 2.05) is 30.3 Å². The molecule has 0 radical (unpaired) electrons. The molecular weight excluding hydrogens is 302 g/mol. The van der Waals surface area contributed by atoms with Crippen LogP contribution in [0.1, 0.15) is 40.3 Å². The minimum Gasteiger partial charge on any atom is -0.331 e. The lowest BCUT2D eigenvalue weighted by atomic mass is 9.94. The molecule has 0 amide bonds. The van der Waals surface area contributed by atoms with Crippen LogP contribution >= 0.6 is 0 Å². The third kappa shape index (κ3) is 2.62. The van der Waals surface area contributed by atoms with Gasteiger partial charge in [0.15, 0.2) is 0 Å². The molecule has 24 heavy (non-hydrogen) atoms. The predicted octanol–water partition coefficient (Wildman–Crippen LogP) is 4.18. The molecule has 4 rings (SSSR count). The lowest BCUT2D eigenvalue weighted by Crippen LogP contribution is -2.30. The van der Waals surface area contributed by atoms with E-state index < -0.39 is 5.97 Å². The van der Waals surface area contributed by atoms with Gasteiger partial charge in [-0.3, -0.25) is 0 Å². The van der Waals surface area contributed by atoms with Gasteiger partial charge in [-0.1, -0.05) is 53.2 Å². The normalized spacial score (nSPS) is 25.8. The molecule has 4 heteroatoms. The molecule has 0 saturated carbocycles. The van der Waals surface area contributed by atoms with Crippen molar-refractivity contribution in [2.45, 2.75) is 39.3 Å². The summed E-state index contributed by atoms with van der Waals surface area (Å²) in [5.41, 5.74) is 6.76. The summed E-state index contributed by atoms with van der Waals surface area (Å²) in [6.45, 7) is 6.78. The van der Waals surface area contributed by atoms with Gasteiger partial charge >= 0.3 is 5.97 Å². The van der Waals surface area contributed by atoms with Crippen LogP contribution in [-0.4, -0.2) is 18.3 Å². The average molecular weight is 323 g/mol. The molecule has 2 aliphatic rings. The summed E-state index contributed by atoms with van der Waals surface area (Å²) in [7, 11) is 0. The first-order chi connectivity index (χ1) is 11.6. The summed E-state index contributed by atoms with van der Waals surface area (Å²) in [4.78, 5) is 5.60. The van der Waals surface area contributed by atoms with Crippen LogP contribution < -0.4 is 0 Å². The number of ether oxygens (including phenoxy) is 2. The number of hydrogen-bond donors (Lipinski definition) is 0. The van der Waals surface area contributed by atoms with Gasteiger partial charge in [-0.25, -0.2) is 0 Å². The van der Waals surface area contributed by atoms with Crippen molar-refractivity contribution in [1.82, 2.24) is 0 Å². The molecule has 2 heterocycles. The highest BCUT2D eigenvalue weighted by molar-refractivity contribution is 6.03. The fraction of sp³-hybridized carbons (Fsp3) is 0.350. The molecule has 1 fully saturated rings. The van der Waals surface area contributed by atoms with Crippen molar-refractivity contribution in [3.8, 4) is 0 Å². The number of rotatable bonds is 2. The first-order valence-corrected chi connectivity index (χ1v) is 8.26. The van der Waals surface area contributed by atoms with Gasteiger partial charge < -0.3 is 14.3 Å². The minimum absolute atomic E-state index is 0.124. The zero-order valence-corrected chi connectivity index (χ0v) is 14.2. The van der Waals surface area contributed by atoms with Crippen LogP contribution in [0.2, 0.25) is 0 Å². The average Bonchev–Trinajstić information content (AvgIpc) is 3.15. The summed E-state index contributed by atoms with van der Waals surface area (Å²) < 4.78 is 12.0. The number of benzene rings is 2. The van der Waals surface area contributed by atoms with E-state index in [-0.39, 0.29) is 6.10 Å². The number of oxime groups is 1. The fourth-order valence-electron chi connectivity index (χ4n) is 3.62. The highest BCUT2D eigenvalue weighted by atomic mass is 16.9. The van der Waals surface area contributed by atoms with Gasteiger partial charge in [0, 0.05) is 5.56 Å². The van der Waals surface area contributed by atoms with E-state index in [2.05, 4.69) is 38.1 Å². The number of hydrogen-bond acceptors (Lipinski definition) is 4. The van der Waals surface area contributed by atoms with E-state index in [4.69, 9.17) is 14.3 Å². The van der Waals surface area contributed by atoms with Gasteiger partial charge in [-0.05, 0) is 37.5 Å². The molecule has 0 aliphatic carbocycles. The van der Waals surface area contributed by atoms with Gasteiger partial charge in [0.25, 0.3) is 0 Å². The molecule has 0 aromatic heterocycles. The lowest BCUT2D eigenvalue weighted by Gasteiger charge is -2.19. The van der Waals surface area contributed by atoms with Crippen LogP contribution in [0.4, 0.5) is 0 Å². The quantitative estimate of drug-likeness (QED) is 0.832. The molecule has 2 aliphatic heterocycles. The third-order valence-electron chi connectivity index (χ3n) is 4.59. The molecule has 0 N–H and O–H groups in total. The van der Waals surface area contributed by atoms with Crippen molar-refractivity contribution in [2.24, 2.45) is 5.16 Å². The molecule has 2 unspecified atom stereocenters. The van der Waals surface area contributed by atoms with Crippen molar-refractivity contribution in [1.29, 1.82) is 0 Å². The van der Waals surface area contributed by atoms with Crippen LogP contribution in [0.25, 0.3) is 0 Å². The van der Waals surface area contributed by atoms with Crippen LogP contribution in [-0.2, 0) is 14.3 Å². The molecule has 2 atom stereocenters. The first-order valence-electron chi connectivity index (χ1n) is 8.26. The highest BCUT2D eigenvalue weighted by Gasteiger charge is 2.50. The van der Waals surface area contributed by atoms with Gasteiger partial charge in [-0.15, -0.1) is 0 Å². The minimum atomic E-state index is -1.08. The zero-order chi connectivity index (χ0) is 16.7. The maximum Gasteiger partial charge on any atom is 0.356 e. The zero-order valence-electron chi connectivity index (χ0n) is 14.2. The van der Waals surface area contributed by atoms with Gasteiger partial charge in [0.2, 0.25) is 0 Å². The van der Waals surface area contributed by atoms with E-state index in [1.165, 1.54) is 16.7 Å². The van der Waals surface area contributed by atoms with E-state index >= 15 is 0 Å². The Balaban J connectivity index is 1.55. The summed E-state index contributed by atoms with van der Waals surface area (Å²) >= 11 is 0. The molecule has 1 saturated heterocycles. The van der Waals surface area contributed by atoms with Crippen molar-refractivity contribution in [3.05, 3.63) is 70.3 Å². The Morgan fingerprint density at radius 1 is 1.04 bits per heavy atom. The second-order valence-electron chi connectivity index (χ2n) is 6.59. The van der Waals surface area contributed by atoms with Crippen LogP contribution in [0, 0.1) is 20.8 Å². The third-order valence-corrected chi connectivity index (χ3v) is 4.59. The standard InChI is InChI=1S/C20H21NO3/c1-13-9-14(2)19(15(3)10-13)17-11-20(24-21-17)22-12-18(23-20)16-7-5-4-6-8-16/h4-10,18H,11-12H2,1-3H3. The Bertz CT molecular complexity index is 777. The maximum absolute atomic E-state index is 6.09. The Kier molecular flexibility index (Phi) is 3.66. The predicted molar refractivity (Wildman–Crippen MR) is 91.8 cm³/mol. The first kappa shape index (κ1) is 15.4. The summed E-state index contributed by atoms with van der Waals surface area (Å²) in [5, 5.41) is 4.29. The molecule has 0 bridgehead atoms. The fourth-order valence-corrected chi connectivity index (χ4v) is 3.62. The van der Waals surface area contributed by atoms with E-state index in [0.29, 0.717) is 13.0 Å². The SMILES string of the molecule is Cc1cc(C)c(C2=NOC3(C2)OCC(c2ccccc2)O3)c(C)c1. The van der Waals surface area contributed by atoms with Gasteiger partial charge in [-0.2, -0.15) is 0 Å². The van der Waals surface area contributed by atoms with E-state index in [0.717, 1.165) is 16.8 Å². The van der Waals surface area contributed by atoms with Gasteiger partial charge in [0.05, 0.1) is 18.7 Å². The van der Waals surface area contributed by atoms with Crippen molar-refractivity contribution >= 4 is 5.71 Å². The number of nitrogens with zero attached hydrogens (tertiary/aromatic N) is 1. The van der Waals surface area contributed by atoms with Crippen LogP contribution in [0.3, 0.4) is 0 Å². The Hall–Kier alpha value is -2.17. The van der Waals surface area contributed by atoms with Crippen molar-refractivity contribution < 1.29 is 14.3 Å². The molecule has 2 aromatic carbocycles. The smallest absolute Gasteiger partial charge is 0.331 e. The number of aryl methyl sites for hydroxylation is 3. The largest absolute Gasteiger partial charge is 0.356 e. The molecule has 124 valence electrons. The Morgan fingerprint density at radius 2 is 1.75 bits per heavy atom. The second kappa shape index (κ2) is 5.72. The van der Waals surface area contributed by atoms with Crippen molar-refractivity contribution in [2.75, 3.05) is 6.61 Å². The Morgan fingerprint density at radius 3 is 2.46 bits per heavy atom. The topological polar surface area (TPSA) is 40.0 Å². The summed E-state index contributed by atoms with van der Waals surface area (Å²) in [5.74, 6) is -1.08. The van der Waals surface area contributed by atoms with Crippen molar-refractivity contribution in [3.63, 3.8) is 0 Å². The van der Waals surface area contributed by atoms with Gasteiger partial charge in [0.1, 0.15) is 6.10 Å². The molecule has 1 spiro atoms. The highest BCUT2D eigenvalue weighted by Crippen LogP contribution is 2.41. The molecule has 2 aromatic rings. The summed E-state index contributed by atoms with van der Waals surface area (Å²) in [6, 6.07) is 14.4. The summed E-state index contributed by atoms with van der Waals surface area (Å²) in [6.07, 6.45) is 0.377. The van der Waals surface area contributed by atoms with E-state index in [9.17, 15) is 0 Å². The van der Waals surface area contributed by atoms with Crippen LogP contribution in [0.15, 0.2) is 47.6 Å².